The van der Waals surface area contributed by atoms with Crippen LogP contribution in [0.1, 0.15) is 48.5 Å². The van der Waals surface area contributed by atoms with Gasteiger partial charge in [0.15, 0.2) is 11.6 Å². The molecule has 10 heteroatoms. The highest BCUT2D eigenvalue weighted by Crippen LogP contribution is 2.46. The first-order valence-electron chi connectivity index (χ1n) is 13.8. The third-order valence-corrected chi connectivity index (χ3v) is 7.94. The summed E-state index contributed by atoms with van der Waals surface area (Å²) in [4.78, 5) is 24.7. The molecule has 212 valence electrons. The molecule has 0 aliphatic carbocycles. The molecule has 0 aromatic heterocycles. The molecule has 41 heavy (non-hydrogen) atoms. The maximum absolute atomic E-state index is 14.6. The third kappa shape index (κ3) is 6.40. The maximum Gasteiger partial charge on any atom is 0.255 e. The van der Waals surface area contributed by atoms with Gasteiger partial charge in [-0.15, -0.1) is 0 Å². The lowest BCUT2D eigenvalue weighted by Crippen LogP contribution is -2.53. The number of hydrogen-bond acceptors (Lipinski definition) is 6. The molecule has 2 atom stereocenters. The number of hydrogen-bond donors (Lipinski definition) is 1. The summed E-state index contributed by atoms with van der Waals surface area (Å²) in [7, 11) is 0. The minimum absolute atomic E-state index is 0.0624. The Bertz CT molecular complexity index is 1430. The van der Waals surface area contributed by atoms with Crippen molar-refractivity contribution in [1.82, 2.24) is 4.90 Å². The molecule has 5 rings (SSSR count). The van der Waals surface area contributed by atoms with Gasteiger partial charge >= 0.3 is 0 Å². The SMILES string of the molecule is [N-]=[N+]=Nc1ccccc1[C@H]1OC(c2ccc(OCCCO)cc2)=N[C@@]1(Cc1ccc(Br)cc1)C(=O)N1CCCCC1. The number of carbonyl (C=O) groups is 1. The number of aliphatic imine (C=N–C) groups is 1. The van der Waals surface area contributed by atoms with Crippen LogP contribution in [0.4, 0.5) is 5.69 Å². The quantitative estimate of drug-likeness (QED) is 0.118. The van der Waals surface area contributed by atoms with E-state index in [2.05, 4.69) is 26.0 Å². The molecule has 2 heterocycles. The van der Waals surface area contributed by atoms with Gasteiger partial charge < -0.3 is 19.5 Å². The van der Waals surface area contributed by atoms with Crippen LogP contribution in [-0.4, -0.2) is 53.7 Å². The predicted octanol–water partition coefficient (Wildman–Crippen LogP) is 6.66. The number of likely N-dealkylation sites (tertiary alicyclic amines) is 1. The maximum atomic E-state index is 14.6. The van der Waals surface area contributed by atoms with Crippen LogP contribution in [0.3, 0.4) is 0 Å². The van der Waals surface area contributed by atoms with Crippen LogP contribution in [-0.2, 0) is 16.0 Å². The Balaban J connectivity index is 1.62. The summed E-state index contributed by atoms with van der Waals surface area (Å²) in [5.74, 6) is 0.909. The van der Waals surface area contributed by atoms with Crippen molar-refractivity contribution in [1.29, 1.82) is 0 Å². The lowest BCUT2D eigenvalue weighted by molar-refractivity contribution is -0.140. The van der Waals surface area contributed by atoms with Gasteiger partial charge in [0.05, 0.1) is 6.61 Å². The summed E-state index contributed by atoms with van der Waals surface area (Å²) in [6.07, 6.45) is 2.99. The summed E-state index contributed by atoms with van der Waals surface area (Å²) >= 11 is 3.51. The molecule has 1 saturated heterocycles. The highest BCUT2D eigenvalue weighted by molar-refractivity contribution is 9.10. The zero-order valence-corrected chi connectivity index (χ0v) is 24.2. The molecular weight excluding hydrogens is 586 g/mol. The van der Waals surface area contributed by atoms with Gasteiger partial charge in [-0.05, 0) is 66.8 Å². The number of amides is 1. The Kier molecular flexibility index (Phi) is 9.24. The number of benzene rings is 3. The van der Waals surface area contributed by atoms with Crippen LogP contribution in [0.15, 0.2) is 87.4 Å². The molecule has 3 aromatic rings. The van der Waals surface area contributed by atoms with Crippen molar-refractivity contribution < 1.29 is 19.4 Å². The van der Waals surface area contributed by atoms with Crippen molar-refractivity contribution in [2.75, 3.05) is 26.3 Å². The Labute approximate surface area is 247 Å². The van der Waals surface area contributed by atoms with Crippen LogP contribution < -0.4 is 4.74 Å². The van der Waals surface area contributed by atoms with E-state index in [-0.39, 0.29) is 12.5 Å². The van der Waals surface area contributed by atoms with E-state index < -0.39 is 11.6 Å². The summed E-state index contributed by atoms with van der Waals surface area (Å²) in [5.41, 5.74) is 10.6. The van der Waals surface area contributed by atoms with E-state index in [4.69, 9.17) is 19.6 Å². The number of halogens is 1. The number of piperidine rings is 1. The smallest absolute Gasteiger partial charge is 0.255 e. The highest BCUT2D eigenvalue weighted by Gasteiger charge is 2.55. The molecule has 1 amide bonds. The van der Waals surface area contributed by atoms with Gasteiger partial charge in [-0.2, -0.15) is 0 Å². The minimum atomic E-state index is -1.32. The molecule has 2 aliphatic heterocycles. The van der Waals surface area contributed by atoms with Gasteiger partial charge in [-0.25, -0.2) is 4.99 Å². The van der Waals surface area contributed by atoms with E-state index in [0.717, 1.165) is 29.3 Å². The van der Waals surface area contributed by atoms with E-state index in [1.165, 1.54) is 0 Å². The van der Waals surface area contributed by atoms with Gasteiger partial charge in [0.2, 0.25) is 5.90 Å². The van der Waals surface area contributed by atoms with Crippen molar-refractivity contribution >= 4 is 33.4 Å². The van der Waals surface area contributed by atoms with Crippen molar-refractivity contribution in [2.24, 2.45) is 10.1 Å². The molecule has 0 saturated carbocycles. The van der Waals surface area contributed by atoms with E-state index in [1.54, 1.807) is 12.1 Å². The average Bonchev–Trinajstić information content (AvgIpc) is 3.39. The normalized spacial score (nSPS) is 20.1. The van der Waals surface area contributed by atoms with Crippen LogP contribution in [0.25, 0.3) is 10.4 Å². The lowest BCUT2D eigenvalue weighted by Gasteiger charge is -2.37. The van der Waals surface area contributed by atoms with E-state index in [0.29, 0.717) is 61.0 Å². The van der Waals surface area contributed by atoms with Crippen LogP contribution >= 0.6 is 15.9 Å². The van der Waals surface area contributed by atoms with Crippen LogP contribution in [0.2, 0.25) is 0 Å². The average molecular weight is 619 g/mol. The first-order valence-corrected chi connectivity index (χ1v) is 14.6. The van der Waals surface area contributed by atoms with E-state index >= 15 is 0 Å². The predicted molar refractivity (Wildman–Crippen MR) is 160 cm³/mol. The fourth-order valence-electron chi connectivity index (χ4n) is 5.38. The molecule has 0 unspecified atom stereocenters. The Morgan fingerprint density at radius 3 is 2.54 bits per heavy atom. The first-order chi connectivity index (χ1) is 20.0. The van der Waals surface area contributed by atoms with Crippen molar-refractivity contribution in [3.8, 4) is 5.75 Å². The highest BCUT2D eigenvalue weighted by atomic mass is 79.9. The van der Waals surface area contributed by atoms with E-state index in [9.17, 15) is 10.3 Å². The topological polar surface area (TPSA) is 120 Å². The molecule has 0 bridgehead atoms. The van der Waals surface area contributed by atoms with Crippen molar-refractivity contribution in [3.63, 3.8) is 0 Å². The molecule has 3 aromatic carbocycles. The molecule has 1 N–H and O–H groups in total. The summed E-state index contributed by atoms with van der Waals surface area (Å²) in [6, 6.07) is 22.4. The second-order valence-corrected chi connectivity index (χ2v) is 11.1. The molecule has 1 fully saturated rings. The molecular formula is C31H32BrN5O4. The lowest BCUT2D eigenvalue weighted by atomic mass is 9.80. The van der Waals surface area contributed by atoms with Crippen molar-refractivity contribution in [3.05, 3.63) is 104 Å². The number of carbonyl (C=O) groups excluding carboxylic acids is 1. The molecule has 0 spiro atoms. The minimum Gasteiger partial charge on any atom is -0.494 e. The van der Waals surface area contributed by atoms with Crippen LogP contribution in [0, 0.1) is 0 Å². The molecule has 0 radical (unpaired) electrons. The number of ether oxygens (including phenoxy) is 2. The Hall–Kier alpha value is -3.85. The first kappa shape index (κ1) is 28.7. The summed E-state index contributed by atoms with van der Waals surface area (Å²) in [6.45, 7) is 1.80. The number of azide groups is 1. The van der Waals surface area contributed by atoms with Gasteiger partial charge in [-0.3, -0.25) is 4.79 Å². The number of aliphatic hydroxyl groups excluding tert-OH is 1. The standard InChI is InChI=1S/C31H32BrN5O4/c32-24-13-9-22(10-14-24)21-31(30(39)37-17-4-1-5-18-37)28(26-7-2-3-8-27(26)35-36-33)41-29(34-31)23-11-15-25(16-12-23)40-20-6-19-38/h2-3,7-16,28,38H,1,4-6,17-21H2/t28-,31-/m1/s1. The Morgan fingerprint density at radius 1 is 1.10 bits per heavy atom. The van der Waals surface area contributed by atoms with Crippen molar-refractivity contribution in [2.45, 2.75) is 43.7 Å². The fraction of sp³-hybridized carbons (Fsp3) is 0.355. The van der Waals surface area contributed by atoms with Gasteiger partial charge in [0, 0.05) is 58.7 Å². The third-order valence-electron chi connectivity index (χ3n) is 7.41. The fourth-order valence-corrected chi connectivity index (χ4v) is 5.64. The van der Waals surface area contributed by atoms with Gasteiger partial charge in [0.1, 0.15) is 5.75 Å². The Morgan fingerprint density at radius 2 is 1.83 bits per heavy atom. The molecule has 2 aliphatic rings. The summed E-state index contributed by atoms with van der Waals surface area (Å²) < 4.78 is 13.3. The number of aliphatic hydroxyl groups is 1. The van der Waals surface area contributed by atoms with Gasteiger partial charge in [-0.1, -0.05) is 57.4 Å². The number of nitrogens with zero attached hydrogens (tertiary/aromatic N) is 5. The summed E-state index contributed by atoms with van der Waals surface area (Å²) in [5, 5.41) is 13.0. The van der Waals surface area contributed by atoms with Gasteiger partial charge in [0.25, 0.3) is 5.91 Å². The number of rotatable bonds is 10. The second kappa shape index (κ2) is 13.2. The zero-order chi connectivity index (χ0) is 28.7. The monoisotopic (exact) mass is 617 g/mol. The van der Waals surface area contributed by atoms with E-state index in [1.807, 2.05) is 65.6 Å². The second-order valence-electron chi connectivity index (χ2n) is 10.2. The zero-order valence-electron chi connectivity index (χ0n) is 22.7. The molecule has 9 nitrogen and oxygen atoms in total. The largest absolute Gasteiger partial charge is 0.494 e. The van der Waals surface area contributed by atoms with Crippen LogP contribution in [0.5, 0.6) is 5.75 Å².